The van der Waals surface area contributed by atoms with Gasteiger partial charge in [-0.3, -0.25) is 9.20 Å². The molecule has 6 heteroatoms. The molecule has 0 unspecified atom stereocenters. The molecule has 0 bridgehead atoms. The van der Waals surface area contributed by atoms with Gasteiger partial charge in [0.05, 0.1) is 10.7 Å². The molecule has 0 atom stereocenters. The van der Waals surface area contributed by atoms with E-state index in [1.165, 1.54) is 0 Å². The lowest BCUT2D eigenvalue weighted by molar-refractivity contribution is 0.102. The molecular formula is C19H14ClN3O2. The van der Waals surface area contributed by atoms with Crippen molar-refractivity contribution in [2.24, 2.45) is 0 Å². The van der Waals surface area contributed by atoms with Gasteiger partial charge in [-0.15, -0.1) is 0 Å². The van der Waals surface area contributed by atoms with Crippen LogP contribution in [0.15, 0.2) is 54.7 Å². The average Bonchev–Trinajstić information content (AvgIpc) is 2.91. The van der Waals surface area contributed by atoms with E-state index in [4.69, 9.17) is 11.6 Å². The van der Waals surface area contributed by atoms with Gasteiger partial charge < -0.3 is 10.4 Å². The van der Waals surface area contributed by atoms with Gasteiger partial charge in [0.15, 0.2) is 0 Å². The van der Waals surface area contributed by atoms with Crippen LogP contribution in [0.2, 0.25) is 5.02 Å². The van der Waals surface area contributed by atoms with E-state index in [-0.39, 0.29) is 11.7 Å². The summed E-state index contributed by atoms with van der Waals surface area (Å²) in [6.07, 6.45) is 1.67. The quantitative estimate of drug-likeness (QED) is 0.562. The Balaban J connectivity index is 1.80. The molecule has 1 amide bonds. The first kappa shape index (κ1) is 15.5. The van der Waals surface area contributed by atoms with Crippen LogP contribution in [0.1, 0.15) is 16.2 Å². The highest BCUT2D eigenvalue weighted by molar-refractivity contribution is 6.30. The Hall–Kier alpha value is -3.05. The number of phenols is 1. The predicted molar refractivity (Wildman–Crippen MR) is 98.5 cm³/mol. The molecule has 124 valence electrons. The summed E-state index contributed by atoms with van der Waals surface area (Å²) in [5, 5.41) is 14.9. The molecule has 0 aliphatic rings. The fourth-order valence-corrected chi connectivity index (χ4v) is 3.15. The maximum Gasteiger partial charge on any atom is 0.274 e. The molecule has 0 aliphatic heterocycles. The minimum Gasteiger partial charge on any atom is -0.507 e. The van der Waals surface area contributed by atoms with Crippen LogP contribution in [-0.2, 0) is 0 Å². The summed E-state index contributed by atoms with van der Waals surface area (Å²) in [5.41, 5.74) is 2.31. The van der Waals surface area contributed by atoms with E-state index in [9.17, 15) is 9.90 Å². The molecule has 5 nitrogen and oxygen atoms in total. The highest BCUT2D eigenvalue weighted by Crippen LogP contribution is 2.30. The lowest BCUT2D eigenvalue weighted by Crippen LogP contribution is -2.15. The topological polar surface area (TPSA) is 66.6 Å². The number of hydrogen-bond donors (Lipinski definition) is 2. The van der Waals surface area contributed by atoms with Crippen molar-refractivity contribution in [3.8, 4) is 5.75 Å². The highest BCUT2D eigenvalue weighted by Gasteiger charge is 2.18. The molecule has 4 aromatic rings. The fraction of sp³-hybridized carbons (Fsp3) is 0.0526. The van der Waals surface area contributed by atoms with Crippen molar-refractivity contribution in [1.82, 2.24) is 9.38 Å². The molecule has 0 saturated heterocycles. The highest BCUT2D eigenvalue weighted by atomic mass is 35.5. The summed E-state index contributed by atoms with van der Waals surface area (Å²) in [6.45, 7) is 1.78. The largest absolute Gasteiger partial charge is 0.507 e. The van der Waals surface area contributed by atoms with E-state index < -0.39 is 0 Å². The molecule has 2 aromatic carbocycles. The van der Waals surface area contributed by atoms with Gasteiger partial charge in [-0.2, -0.15) is 0 Å². The minimum absolute atomic E-state index is 0.173. The Morgan fingerprint density at radius 2 is 1.88 bits per heavy atom. The van der Waals surface area contributed by atoms with Crippen molar-refractivity contribution >= 4 is 39.6 Å². The van der Waals surface area contributed by atoms with Crippen LogP contribution in [0.4, 0.5) is 5.69 Å². The third-order valence-corrected chi connectivity index (χ3v) is 4.34. The van der Waals surface area contributed by atoms with Crippen molar-refractivity contribution in [2.75, 3.05) is 5.32 Å². The Bertz CT molecular complexity index is 1130. The molecule has 2 N–H and O–H groups in total. The number of imidazole rings is 1. The van der Waals surface area contributed by atoms with E-state index in [2.05, 4.69) is 10.3 Å². The van der Waals surface area contributed by atoms with Crippen molar-refractivity contribution in [2.45, 2.75) is 6.92 Å². The molecule has 25 heavy (non-hydrogen) atoms. The Morgan fingerprint density at radius 1 is 1.12 bits per heavy atom. The molecule has 4 rings (SSSR count). The van der Waals surface area contributed by atoms with Gasteiger partial charge in [0.1, 0.15) is 17.1 Å². The van der Waals surface area contributed by atoms with E-state index in [0.29, 0.717) is 33.1 Å². The molecule has 0 saturated carbocycles. The number of benzene rings is 2. The Kier molecular flexibility index (Phi) is 3.58. The minimum atomic E-state index is -0.289. The number of pyridine rings is 1. The normalized spacial score (nSPS) is 11.1. The van der Waals surface area contributed by atoms with Gasteiger partial charge in [0.2, 0.25) is 0 Å². The van der Waals surface area contributed by atoms with Crippen LogP contribution >= 0.6 is 11.6 Å². The second-order valence-electron chi connectivity index (χ2n) is 5.75. The van der Waals surface area contributed by atoms with Gasteiger partial charge in [0, 0.05) is 22.7 Å². The number of aromatic nitrogens is 2. The molecule has 0 fully saturated rings. The van der Waals surface area contributed by atoms with E-state index >= 15 is 0 Å². The number of fused-ring (bicyclic) bond motifs is 2. The Morgan fingerprint density at radius 3 is 2.72 bits per heavy atom. The van der Waals surface area contributed by atoms with Crippen LogP contribution in [0, 0.1) is 6.92 Å². The lowest BCUT2D eigenvalue weighted by Gasteiger charge is -2.10. The van der Waals surface area contributed by atoms with Gasteiger partial charge in [-0.25, -0.2) is 4.98 Å². The number of anilines is 1. The van der Waals surface area contributed by atoms with E-state index in [1.807, 2.05) is 6.07 Å². The number of rotatable bonds is 2. The smallest absolute Gasteiger partial charge is 0.274 e. The molecule has 0 radical (unpaired) electrons. The maximum atomic E-state index is 12.9. The van der Waals surface area contributed by atoms with Crippen LogP contribution in [-0.4, -0.2) is 20.4 Å². The SMILES string of the molecule is Cc1nc2ccc(Cl)cn2c1C(=O)Nc1cccc2c(O)cccc12. The summed E-state index contributed by atoms with van der Waals surface area (Å²) < 4.78 is 1.68. The number of aryl methyl sites for hydroxylation is 1. The average molecular weight is 352 g/mol. The number of carbonyl (C=O) groups excluding carboxylic acids is 1. The number of hydrogen-bond acceptors (Lipinski definition) is 3. The van der Waals surface area contributed by atoms with Crippen molar-refractivity contribution in [3.63, 3.8) is 0 Å². The number of carbonyl (C=O) groups is 1. The van der Waals surface area contributed by atoms with Gasteiger partial charge in [-0.05, 0) is 31.2 Å². The standard InChI is InChI=1S/C19H14ClN3O2/c1-11-18(23-10-12(20)8-9-17(23)21-11)19(25)22-15-6-2-5-14-13(15)4-3-7-16(14)24/h2-10,24H,1H3,(H,22,25). The van der Waals surface area contributed by atoms with Crippen LogP contribution in [0.3, 0.4) is 0 Å². The van der Waals surface area contributed by atoms with Crippen molar-refractivity contribution in [3.05, 3.63) is 71.1 Å². The second kappa shape index (κ2) is 5.79. The monoisotopic (exact) mass is 351 g/mol. The first-order valence-corrected chi connectivity index (χ1v) is 8.08. The lowest BCUT2D eigenvalue weighted by atomic mass is 10.1. The predicted octanol–water partition coefficient (Wildman–Crippen LogP) is 4.41. The van der Waals surface area contributed by atoms with Crippen LogP contribution in [0.5, 0.6) is 5.75 Å². The van der Waals surface area contributed by atoms with Gasteiger partial charge in [-0.1, -0.05) is 35.9 Å². The van der Waals surface area contributed by atoms with E-state index in [0.717, 1.165) is 5.39 Å². The molecule has 0 spiro atoms. The molecule has 2 heterocycles. The second-order valence-corrected chi connectivity index (χ2v) is 6.19. The number of amides is 1. The zero-order chi connectivity index (χ0) is 17.6. The molecular weight excluding hydrogens is 338 g/mol. The van der Waals surface area contributed by atoms with Gasteiger partial charge >= 0.3 is 0 Å². The summed E-state index contributed by atoms with van der Waals surface area (Å²) in [7, 11) is 0. The number of nitrogens with one attached hydrogen (secondary N) is 1. The zero-order valence-corrected chi connectivity index (χ0v) is 14.1. The molecule has 0 aliphatic carbocycles. The number of halogens is 1. The number of phenolic OH excluding ortho intramolecular Hbond substituents is 1. The van der Waals surface area contributed by atoms with Crippen LogP contribution in [0.25, 0.3) is 16.4 Å². The zero-order valence-electron chi connectivity index (χ0n) is 13.3. The summed E-state index contributed by atoms with van der Waals surface area (Å²) in [5.74, 6) is -0.116. The number of nitrogens with zero attached hydrogens (tertiary/aromatic N) is 2. The van der Waals surface area contributed by atoms with Crippen LogP contribution < -0.4 is 5.32 Å². The fourth-order valence-electron chi connectivity index (χ4n) is 2.99. The maximum absolute atomic E-state index is 12.9. The van der Waals surface area contributed by atoms with Crippen molar-refractivity contribution < 1.29 is 9.90 Å². The third kappa shape index (κ3) is 2.58. The van der Waals surface area contributed by atoms with Gasteiger partial charge in [0.25, 0.3) is 5.91 Å². The summed E-state index contributed by atoms with van der Waals surface area (Å²) in [4.78, 5) is 17.3. The number of aromatic hydroxyl groups is 1. The summed E-state index contributed by atoms with van der Waals surface area (Å²) >= 11 is 6.05. The summed E-state index contributed by atoms with van der Waals surface area (Å²) in [6, 6.07) is 14.1. The first-order chi connectivity index (χ1) is 12.0. The van der Waals surface area contributed by atoms with Crippen molar-refractivity contribution in [1.29, 1.82) is 0 Å². The Labute approximate surface area is 148 Å². The first-order valence-electron chi connectivity index (χ1n) is 7.71. The van der Waals surface area contributed by atoms with E-state index in [1.54, 1.807) is 60.0 Å². The third-order valence-electron chi connectivity index (χ3n) is 4.12. The molecule has 2 aromatic heterocycles.